The predicted molar refractivity (Wildman–Crippen MR) is 78.0 cm³/mol. The van der Waals surface area contributed by atoms with Crippen LogP contribution < -0.4 is 4.74 Å². The van der Waals surface area contributed by atoms with Crippen molar-refractivity contribution in [3.8, 4) is 5.75 Å². The molecule has 0 saturated carbocycles. The van der Waals surface area contributed by atoms with Crippen LogP contribution in [0.15, 0.2) is 24.3 Å². The lowest BCUT2D eigenvalue weighted by Gasteiger charge is -2.36. The van der Waals surface area contributed by atoms with Crippen molar-refractivity contribution in [1.29, 1.82) is 0 Å². The van der Waals surface area contributed by atoms with Crippen molar-refractivity contribution in [2.75, 3.05) is 20.2 Å². The zero-order valence-electron chi connectivity index (χ0n) is 12.2. The summed E-state index contributed by atoms with van der Waals surface area (Å²) in [6.07, 6.45) is 2.47. The summed E-state index contributed by atoms with van der Waals surface area (Å²) in [5, 5.41) is 9.08. The Labute approximate surface area is 120 Å². The number of hydrogen-bond acceptors (Lipinski definition) is 3. The monoisotopic (exact) mass is 277 g/mol. The molecule has 110 valence electrons. The van der Waals surface area contributed by atoms with E-state index in [9.17, 15) is 4.79 Å². The van der Waals surface area contributed by atoms with Gasteiger partial charge < -0.3 is 9.84 Å². The Kier molecular flexibility index (Phi) is 5.01. The third kappa shape index (κ3) is 3.12. The van der Waals surface area contributed by atoms with Gasteiger partial charge in [-0.3, -0.25) is 9.69 Å². The highest BCUT2D eigenvalue weighted by molar-refractivity contribution is 5.70. The summed E-state index contributed by atoms with van der Waals surface area (Å²) in [5.41, 5.74) is 1.20. The van der Waals surface area contributed by atoms with Crippen molar-refractivity contribution in [2.24, 2.45) is 5.92 Å². The fourth-order valence-corrected chi connectivity index (χ4v) is 3.07. The van der Waals surface area contributed by atoms with Gasteiger partial charge >= 0.3 is 5.97 Å². The molecule has 0 aromatic heterocycles. The summed E-state index contributed by atoms with van der Waals surface area (Å²) in [6.45, 7) is 3.85. The topological polar surface area (TPSA) is 49.8 Å². The van der Waals surface area contributed by atoms with E-state index in [1.165, 1.54) is 5.56 Å². The first kappa shape index (κ1) is 14.9. The molecule has 0 bridgehead atoms. The molecule has 1 atom stereocenters. The van der Waals surface area contributed by atoms with Crippen molar-refractivity contribution in [3.05, 3.63) is 29.8 Å². The van der Waals surface area contributed by atoms with Gasteiger partial charge in [0.1, 0.15) is 5.75 Å². The molecule has 1 fully saturated rings. The van der Waals surface area contributed by atoms with Crippen molar-refractivity contribution < 1.29 is 14.6 Å². The fourth-order valence-electron chi connectivity index (χ4n) is 3.07. The molecule has 0 amide bonds. The normalized spacial score (nSPS) is 18.7. The molecule has 1 aromatic carbocycles. The van der Waals surface area contributed by atoms with Crippen LogP contribution in [0.3, 0.4) is 0 Å². The molecule has 1 heterocycles. The quantitative estimate of drug-likeness (QED) is 0.899. The summed E-state index contributed by atoms with van der Waals surface area (Å²) < 4.78 is 5.46. The molecule has 0 spiro atoms. The first-order chi connectivity index (χ1) is 9.67. The predicted octanol–water partition coefficient (Wildman–Crippen LogP) is 2.94. The van der Waals surface area contributed by atoms with E-state index in [2.05, 4.69) is 17.9 Å². The lowest BCUT2D eigenvalue weighted by molar-refractivity contribution is -0.143. The van der Waals surface area contributed by atoms with Gasteiger partial charge in [0, 0.05) is 11.6 Å². The average molecular weight is 277 g/mol. The van der Waals surface area contributed by atoms with Crippen LogP contribution in [0.2, 0.25) is 0 Å². The zero-order valence-corrected chi connectivity index (χ0v) is 12.2. The van der Waals surface area contributed by atoms with Gasteiger partial charge in [-0.15, -0.1) is 0 Å². The standard InChI is InChI=1S/C16H23NO3/c1-3-14(13-6-4-5-7-15(13)20-2)17-10-8-12(9-11-17)16(18)19/h4-7,12,14H,3,8-11H2,1-2H3,(H,18,19). The number of carboxylic acid groups (broad SMARTS) is 1. The highest BCUT2D eigenvalue weighted by Crippen LogP contribution is 2.34. The number of carbonyl (C=O) groups is 1. The van der Waals surface area contributed by atoms with Crippen molar-refractivity contribution >= 4 is 5.97 Å². The molecule has 1 N–H and O–H groups in total. The highest BCUT2D eigenvalue weighted by Gasteiger charge is 2.29. The van der Waals surface area contributed by atoms with E-state index in [1.54, 1.807) is 7.11 Å². The number of likely N-dealkylation sites (tertiary alicyclic amines) is 1. The SMILES string of the molecule is CCC(c1ccccc1OC)N1CCC(C(=O)O)CC1. The van der Waals surface area contributed by atoms with E-state index in [0.717, 1.165) is 38.1 Å². The average Bonchev–Trinajstić information content (AvgIpc) is 2.49. The van der Waals surface area contributed by atoms with Gasteiger partial charge in [0.05, 0.1) is 13.0 Å². The van der Waals surface area contributed by atoms with Crippen molar-refractivity contribution in [3.63, 3.8) is 0 Å². The second-order valence-electron chi connectivity index (χ2n) is 5.31. The number of hydrogen-bond donors (Lipinski definition) is 1. The van der Waals surface area contributed by atoms with E-state index < -0.39 is 5.97 Å². The minimum Gasteiger partial charge on any atom is -0.496 e. The van der Waals surface area contributed by atoms with E-state index in [0.29, 0.717) is 6.04 Å². The van der Waals surface area contributed by atoms with Gasteiger partial charge in [-0.25, -0.2) is 0 Å². The summed E-state index contributed by atoms with van der Waals surface area (Å²) in [4.78, 5) is 13.4. The third-order valence-electron chi connectivity index (χ3n) is 4.20. The van der Waals surface area contributed by atoms with Gasteiger partial charge in [-0.05, 0) is 38.4 Å². The Morgan fingerprint density at radius 1 is 1.40 bits per heavy atom. The van der Waals surface area contributed by atoms with Crippen LogP contribution in [0.25, 0.3) is 0 Å². The largest absolute Gasteiger partial charge is 0.496 e. The second kappa shape index (κ2) is 6.75. The third-order valence-corrected chi connectivity index (χ3v) is 4.20. The van der Waals surface area contributed by atoms with Crippen molar-refractivity contribution in [2.45, 2.75) is 32.2 Å². The van der Waals surface area contributed by atoms with Crippen LogP contribution in [0, 0.1) is 5.92 Å². The summed E-state index contributed by atoms with van der Waals surface area (Å²) in [7, 11) is 1.70. The molecule has 2 rings (SSSR count). The Bertz CT molecular complexity index is 453. The van der Waals surface area contributed by atoms with E-state index in [4.69, 9.17) is 9.84 Å². The smallest absolute Gasteiger partial charge is 0.306 e. The highest BCUT2D eigenvalue weighted by atomic mass is 16.5. The van der Waals surface area contributed by atoms with E-state index in [1.807, 2.05) is 18.2 Å². The number of carboxylic acids is 1. The zero-order chi connectivity index (χ0) is 14.5. The number of methoxy groups -OCH3 is 1. The minimum atomic E-state index is -0.657. The maximum atomic E-state index is 11.0. The summed E-state index contributed by atoms with van der Waals surface area (Å²) >= 11 is 0. The number of para-hydroxylation sites is 1. The first-order valence-corrected chi connectivity index (χ1v) is 7.27. The van der Waals surface area contributed by atoms with Gasteiger partial charge in [-0.1, -0.05) is 25.1 Å². The maximum Gasteiger partial charge on any atom is 0.306 e. The van der Waals surface area contributed by atoms with Gasteiger partial charge in [0.15, 0.2) is 0 Å². The molecule has 20 heavy (non-hydrogen) atoms. The summed E-state index contributed by atoms with van der Waals surface area (Å²) in [5.74, 6) is 0.0797. The van der Waals surface area contributed by atoms with Crippen molar-refractivity contribution in [1.82, 2.24) is 4.90 Å². The molecule has 0 aliphatic carbocycles. The molecule has 4 nitrogen and oxygen atoms in total. The van der Waals surface area contributed by atoms with Gasteiger partial charge in [-0.2, -0.15) is 0 Å². The molecule has 1 unspecified atom stereocenters. The Hall–Kier alpha value is -1.55. The number of benzene rings is 1. The molecule has 1 aliphatic rings. The van der Waals surface area contributed by atoms with Crippen LogP contribution >= 0.6 is 0 Å². The molecule has 4 heteroatoms. The van der Waals surface area contributed by atoms with E-state index in [-0.39, 0.29) is 5.92 Å². The molecule has 1 saturated heterocycles. The number of piperidine rings is 1. The molecule has 1 aromatic rings. The number of ether oxygens (including phenoxy) is 1. The van der Waals surface area contributed by atoms with Gasteiger partial charge in [0.25, 0.3) is 0 Å². The van der Waals surface area contributed by atoms with Crippen LogP contribution in [0.4, 0.5) is 0 Å². The van der Waals surface area contributed by atoms with Crippen LogP contribution in [-0.4, -0.2) is 36.2 Å². The lowest BCUT2D eigenvalue weighted by Crippen LogP contribution is -2.38. The fraction of sp³-hybridized carbons (Fsp3) is 0.562. The summed E-state index contributed by atoms with van der Waals surface area (Å²) in [6, 6.07) is 8.41. The van der Waals surface area contributed by atoms with Crippen LogP contribution in [0.5, 0.6) is 5.75 Å². The van der Waals surface area contributed by atoms with Gasteiger partial charge in [0.2, 0.25) is 0 Å². The number of rotatable bonds is 5. The van der Waals surface area contributed by atoms with E-state index >= 15 is 0 Å². The molecular weight excluding hydrogens is 254 g/mol. The Morgan fingerprint density at radius 3 is 2.60 bits per heavy atom. The minimum absolute atomic E-state index is 0.179. The molecule has 0 radical (unpaired) electrons. The second-order valence-corrected chi connectivity index (χ2v) is 5.31. The number of aliphatic carboxylic acids is 1. The Morgan fingerprint density at radius 2 is 2.05 bits per heavy atom. The number of nitrogens with zero attached hydrogens (tertiary/aromatic N) is 1. The first-order valence-electron chi connectivity index (χ1n) is 7.27. The maximum absolute atomic E-state index is 11.0. The van der Waals surface area contributed by atoms with Crippen LogP contribution in [0.1, 0.15) is 37.8 Å². The molecule has 1 aliphatic heterocycles. The molecular formula is C16H23NO3. The Balaban J connectivity index is 2.11. The lowest BCUT2D eigenvalue weighted by atomic mass is 9.93. The van der Waals surface area contributed by atoms with Crippen LogP contribution in [-0.2, 0) is 4.79 Å².